The number of nitrogens with zero attached hydrogens (tertiary/aromatic N) is 1. The van der Waals surface area contributed by atoms with Crippen molar-refractivity contribution >= 4 is 34.8 Å². The highest BCUT2D eigenvalue weighted by Crippen LogP contribution is 2.29. The summed E-state index contributed by atoms with van der Waals surface area (Å²) in [5.74, 6) is -0.368. The minimum atomic E-state index is -0.368. The topological polar surface area (TPSA) is 51.1 Å². The Morgan fingerprint density at radius 2 is 1.85 bits per heavy atom. The molecule has 1 aromatic heterocycles. The summed E-state index contributed by atoms with van der Waals surface area (Å²) in [6.45, 7) is 1.60. The SMILES string of the molecule is Cc1cccn(CC(=O)Nc2c(Cl)cccc2Cl)c1=O. The van der Waals surface area contributed by atoms with Crippen LogP contribution in [0.5, 0.6) is 0 Å². The molecule has 0 saturated heterocycles. The summed E-state index contributed by atoms with van der Waals surface area (Å²) in [6.07, 6.45) is 1.56. The number of aryl methyl sites for hydroxylation is 1. The fourth-order valence-electron chi connectivity index (χ4n) is 1.73. The van der Waals surface area contributed by atoms with E-state index in [1.807, 2.05) is 0 Å². The number of halogens is 2. The lowest BCUT2D eigenvalue weighted by Gasteiger charge is -2.10. The van der Waals surface area contributed by atoms with Gasteiger partial charge in [0.15, 0.2) is 0 Å². The summed E-state index contributed by atoms with van der Waals surface area (Å²) in [5, 5.41) is 3.31. The van der Waals surface area contributed by atoms with E-state index in [1.165, 1.54) is 4.57 Å². The standard InChI is InChI=1S/C14H12Cl2N2O2/c1-9-4-3-7-18(14(9)20)8-12(19)17-13-10(15)5-2-6-11(13)16/h2-7H,8H2,1H3,(H,17,19). The zero-order valence-corrected chi connectivity index (χ0v) is 12.2. The first-order chi connectivity index (χ1) is 9.49. The molecule has 0 saturated carbocycles. The Hall–Kier alpha value is -1.78. The first-order valence-electron chi connectivity index (χ1n) is 5.89. The molecule has 0 spiro atoms. The predicted molar refractivity (Wildman–Crippen MR) is 80.5 cm³/mol. The molecule has 0 atom stereocenters. The van der Waals surface area contributed by atoms with Crippen LogP contribution in [0.1, 0.15) is 5.56 Å². The summed E-state index contributed by atoms with van der Waals surface area (Å²) in [5.41, 5.74) is 0.727. The van der Waals surface area contributed by atoms with Gasteiger partial charge in [-0.25, -0.2) is 0 Å². The average Bonchev–Trinajstić information content (AvgIpc) is 2.39. The number of anilines is 1. The van der Waals surface area contributed by atoms with Crippen molar-refractivity contribution in [3.63, 3.8) is 0 Å². The van der Waals surface area contributed by atoms with Gasteiger partial charge in [0.2, 0.25) is 5.91 Å². The molecule has 0 fully saturated rings. The molecule has 0 aliphatic heterocycles. The summed E-state index contributed by atoms with van der Waals surface area (Å²) in [4.78, 5) is 23.8. The molecular weight excluding hydrogens is 299 g/mol. The van der Waals surface area contributed by atoms with Crippen LogP contribution < -0.4 is 10.9 Å². The van der Waals surface area contributed by atoms with E-state index < -0.39 is 0 Å². The molecule has 1 aromatic carbocycles. The van der Waals surface area contributed by atoms with Crippen LogP contribution in [0, 0.1) is 6.92 Å². The van der Waals surface area contributed by atoms with Gasteiger partial charge in [0.05, 0.1) is 15.7 Å². The molecule has 2 aromatic rings. The minimum absolute atomic E-state index is 0.0952. The third-order valence-electron chi connectivity index (χ3n) is 2.75. The van der Waals surface area contributed by atoms with Gasteiger partial charge >= 0.3 is 0 Å². The largest absolute Gasteiger partial charge is 0.322 e. The van der Waals surface area contributed by atoms with Crippen LogP contribution in [0.4, 0.5) is 5.69 Å². The quantitative estimate of drug-likeness (QED) is 0.947. The van der Waals surface area contributed by atoms with E-state index >= 15 is 0 Å². The van der Waals surface area contributed by atoms with Gasteiger partial charge in [-0.05, 0) is 25.1 Å². The third kappa shape index (κ3) is 3.21. The van der Waals surface area contributed by atoms with E-state index in [0.717, 1.165) is 0 Å². The Bertz CT molecular complexity index is 690. The number of carbonyl (C=O) groups is 1. The molecule has 2 rings (SSSR count). The van der Waals surface area contributed by atoms with E-state index in [-0.39, 0.29) is 18.0 Å². The van der Waals surface area contributed by atoms with Gasteiger partial charge in [-0.2, -0.15) is 0 Å². The van der Waals surface area contributed by atoms with Crippen molar-refractivity contribution in [3.8, 4) is 0 Å². The van der Waals surface area contributed by atoms with Crippen molar-refractivity contribution < 1.29 is 4.79 Å². The number of hydrogen-bond acceptors (Lipinski definition) is 2. The molecule has 4 nitrogen and oxygen atoms in total. The van der Waals surface area contributed by atoms with E-state index in [2.05, 4.69) is 5.32 Å². The van der Waals surface area contributed by atoms with Gasteiger partial charge in [-0.1, -0.05) is 35.3 Å². The van der Waals surface area contributed by atoms with Crippen LogP contribution in [0.3, 0.4) is 0 Å². The van der Waals surface area contributed by atoms with Crippen molar-refractivity contribution in [1.29, 1.82) is 0 Å². The summed E-state index contributed by atoms with van der Waals surface area (Å²) >= 11 is 11.9. The van der Waals surface area contributed by atoms with Crippen LogP contribution in [-0.4, -0.2) is 10.5 Å². The summed E-state index contributed by atoms with van der Waals surface area (Å²) < 4.78 is 1.33. The summed E-state index contributed by atoms with van der Waals surface area (Å²) in [7, 11) is 0. The minimum Gasteiger partial charge on any atom is -0.322 e. The lowest BCUT2D eigenvalue weighted by Crippen LogP contribution is -2.28. The molecular formula is C14H12Cl2N2O2. The van der Waals surface area contributed by atoms with Crippen LogP contribution >= 0.6 is 23.2 Å². The smallest absolute Gasteiger partial charge is 0.253 e. The van der Waals surface area contributed by atoms with E-state index in [0.29, 0.717) is 21.3 Å². The van der Waals surface area contributed by atoms with Crippen molar-refractivity contribution in [2.24, 2.45) is 0 Å². The van der Waals surface area contributed by atoms with Gasteiger partial charge in [0, 0.05) is 11.8 Å². The molecule has 6 heteroatoms. The zero-order chi connectivity index (χ0) is 14.7. The second kappa shape index (κ2) is 6.11. The van der Waals surface area contributed by atoms with Crippen LogP contribution in [0.15, 0.2) is 41.3 Å². The van der Waals surface area contributed by atoms with Gasteiger partial charge in [0.1, 0.15) is 6.54 Å². The lowest BCUT2D eigenvalue weighted by molar-refractivity contribution is -0.116. The number of benzene rings is 1. The molecule has 0 aliphatic carbocycles. The van der Waals surface area contributed by atoms with Crippen LogP contribution in [0.25, 0.3) is 0 Å². The monoisotopic (exact) mass is 310 g/mol. The predicted octanol–water partition coefficient (Wildman–Crippen LogP) is 3.10. The van der Waals surface area contributed by atoms with Crippen molar-refractivity contribution in [3.05, 3.63) is 62.5 Å². The number of rotatable bonds is 3. The number of para-hydroxylation sites is 1. The molecule has 0 bridgehead atoms. The number of hydrogen-bond donors (Lipinski definition) is 1. The Morgan fingerprint density at radius 1 is 1.20 bits per heavy atom. The summed E-state index contributed by atoms with van der Waals surface area (Å²) in [6, 6.07) is 8.35. The van der Waals surface area contributed by atoms with Gasteiger partial charge in [-0.3, -0.25) is 9.59 Å². The maximum atomic E-state index is 12.0. The molecule has 0 unspecified atom stereocenters. The normalized spacial score (nSPS) is 10.3. The van der Waals surface area contributed by atoms with E-state index in [1.54, 1.807) is 43.5 Å². The second-order valence-electron chi connectivity index (χ2n) is 4.27. The lowest BCUT2D eigenvalue weighted by atomic mass is 10.3. The van der Waals surface area contributed by atoms with Gasteiger partial charge in [0.25, 0.3) is 5.56 Å². The third-order valence-corrected chi connectivity index (χ3v) is 3.38. The van der Waals surface area contributed by atoms with Crippen LogP contribution in [-0.2, 0) is 11.3 Å². The van der Waals surface area contributed by atoms with Crippen molar-refractivity contribution in [2.75, 3.05) is 5.32 Å². The molecule has 20 heavy (non-hydrogen) atoms. The van der Waals surface area contributed by atoms with Crippen LogP contribution in [0.2, 0.25) is 10.0 Å². The Morgan fingerprint density at radius 3 is 2.50 bits per heavy atom. The molecule has 0 aliphatic rings. The number of nitrogens with one attached hydrogen (secondary N) is 1. The molecule has 1 N–H and O–H groups in total. The number of amides is 1. The first kappa shape index (κ1) is 14.6. The fourth-order valence-corrected chi connectivity index (χ4v) is 2.22. The Labute approximate surface area is 125 Å². The Balaban J connectivity index is 2.18. The van der Waals surface area contributed by atoms with Crippen molar-refractivity contribution in [1.82, 2.24) is 4.57 Å². The number of aromatic nitrogens is 1. The highest BCUT2D eigenvalue weighted by Gasteiger charge is 2.10. The van der Waals surface area contributed by atoms with E-state index in [9.17, 15) is 9.59 Å². The van der Waals surface area contributed by atoms with Crippen molar-refractivity contribution in [2.45, 2.75) is 13.5 Å². The Kier molecular flexibility index (Phi) is 4.47. The fraction of sp³-hybridized carbons (Fsp3) is 0.143. The average molecular weight is 311 g/mol. The molecule has 1 amide bonds. The highest BCUT2D eigenvalue weighted by atomic mass is 35.5. The maximum absolute atomic E-state index is 12.0. The molecule has 0 radical (unpaired) electrons. The number of carbonyl (C=O) groups excluding carboxylic acids is 1. The van der Waals surface area contributed by atoms with Gasteiger partial charge < -0.3 is 9.88 Å². The first-order valence-corrected chi connectivity index (χ1v) is 6.64. The maximum Gasteiger partial charge on any atom is 0.253 e. The van der Waals surface area contributed by atoms with E-state index in [4.69, 9.17) is 23.2 Å². The number of pyridine rings is 1. The zero-order valence-electron chi connectivity index (χ0n) is 10.7. The highest BCUT2D eigenvalue weighted by molar-refractivity contribution is 6.39. The van der Waals surface area contributed by atoms with Gasteiger partial charge in [-0.15, -0.1) is 0 Å². The molecule has 104 valence electrons. The molecule has 1 heterocycles. The second-order valence-corrected chi connectivity index (χ2v) is 5.08.